The summed E-state index contributed by atoms with van der Waals surface area (Å²) in [6.07, 6.45) is 4.35. The van der Waals surface area contributed by atoms with Crippen molar-refractivity contribution < 1.29 is 9.53 Å². The van der Waals surface area contributed by atoms with E-state index in [4.69, 9.17) is 14.7 Å². The third kappa shape index (κ3) is 3.69. The number of aromatic nitrogens is 2. The number of ether oxygens (including phenoxy) is 1. The van der Waals surface area contributed by atoms with Crippen LogP contribution >= 0.6 is 0 Å². The van der Waals surface area contributed by atoms with Gasteiger partial charge in [0.1, 0.15) is 5.82 Å². The van der Waals surface area contributed by atoms with Gasteiger partial charge >= 0.3 is 0 Å². The van der Waals surface area contributed by atoms with Gasteiger partial charge in [-0.3, -0.25) is 4.79 Å². The van der Waals surface area contributed by atoms with Crippen molar-refractivity contribution in [3.63, 3.8) is 0 Å². The Morgan fingerprint density at radius 2 is 1.80 bits per heavy atom. The van der Waals surface area contributed by atoms with Crippen molar-refractivity contribution in [1.29, 1.82) is 0 Å². The molecule has 2 atom stereocenters. The van der Waals surface area contributed by atoms with Crippen LogP contribution in [0.3, 0.4) is 0 Å². The summed E-state index contributed by atoms with van der Waals surface area (Å²) in [5.41, 5.74) is 3.24. The number of benzene rings is 1. The summed E-state index contributed by atoms with van der Waals surface area (Å²) < 4.78 is 5.96. The molecule has 2 aliphatic heterocycles. The van der Waals surface area contributed by atoms with E-state index in [9.17, 15) is 4.79 Å². The molecule has 1 aromatic carbocycles. The lowest BCUT2D eigenvalue weighted by molar-refractivity contribution is -0.139. The van der Waals surface area contributed by atoms with Crippen LogP contribution in [0.1, 0.15) is 44.4 Å². The Morgan fingerprint density at radius 3 is 2.47 bits per heavy atom. The molecule has 0 N–H and O–H groups in total. The van der Waals surface area contributed by atoms with E-state index in [0.29, 0.717) is 12.5 Å². The zero-order valence-electron chi connectivity index (χ0n) is 17.9. The molecule has 6 heteroatoms. The Bertz CT molecular complexity index is 918. The van der Waals surface area contributed by atoms with Crippen LogP contribution in [0.25, 0.3) is 11.4 Å². The fourth-order valence-electron chi connectivity index (χ4n) is 4.83. The normalized spacial score (nSPS) is 24.3. The first-order valence-corrected chi connectivity index (χ1v) is 11.2. The zero-order chi connectivity index (χ0) is 20.7. The topological polar surface area (TPSA) is 58.6 Å². The number of rotatable bonds is 3. The van der Waals surface area contributed by atoms with Gasteiger partial charge in [-0.2, -0.15) is 0 Å². The smallest absolute Gasteiger partial charge is 0.225 e. The molecule has 5 rings (SSSR count). The molecule has 2 fully saturated rings. The minimum Gasteiger partial charge on any atom is -0.372 e. The summed E-state index contributed by atoms with van der Waals surface area (Å²) in [4.78, 5) is 27.3. The molecular weight excluding hydrogens is 376 g/mol. The molecule has 1 aromatic heterocycles. The summed E-state index contributed by atoms with van der Waals surface area (Å²) in [7, 11) is 0. The SMILES string of the molecule is CC1CN(c2nc(-c3ccccc3)nc3c2CN(C(=O)C2CCC2)CC3)CC(C)O1. The maximum absolute atomic E-state index is 12.9. The minimum atomic E-state index is 0.149. The highest BCUT2D eigenvalue weighted by atomic mass is 16.5. The van der Waals surface area contributed by atoms with Crippen LogP contribution in [-0.2, 0) is 22.5 Å². The largest absolute Gasteiger partial charge is 0.372 e. The van der Waals surface area contributed by atoms with Crippen LogP contribution in [0.15, 0.2) is 30.3 Å². The Labute approximate surface area is 178 Å². The fourth-order valence-corrected chi connectivity index (χ4v) is 4.83. The van der Waals surface area contributed by atoms with E-state index in [0.717, 1.165) is 67.4 Å². The van der Waals surface area contributed by atoms with Gasteiger partial charge in [-0.15, -0.1) is 0 Å². The Kier molecular flexibility index (Phi) is 5.19. The van der Waals surface area contributed by atoms with Crippen molar-refractivity contribution in [3.05, 3.63) is 41.6 Å². The zero-order valence-corrected chi connectivity index (χ0v) is 17.9. The van der Waals surface area contributed by atoms with Crippen LogP contribution in [0.5, 0.6) is 0 Å². The number of fused-ring (bicyclic) bond motifs is 1. The highest BCUT2D eigenvalue weighted by molar-refractivity contribution is 5.80. The van der Waals surface area contributed by atoms with E-state index in [-0.39, 0.29) is 18.1 Å². The molecule has 2 unspecified atom stereocenters. The number of carbonyl (C=O) groups is 1. The van der Waals surface area contributed by atoms with Crippen molar-refractivity contribution in [1.82, 2.24) is 14.9 Å². The van der Waals surface area contributed by atoms with Crippen molar-refractivity contribution in [3.8, 4) is 11.4 Å². The molecule has 1 saturated heterocycles. The standard InChI is InChI=1S/C24H30N4O2/c1-16-13-28(14-17(2)30-16)23-20-15-27(24(29)19-9-6-10-19)12-11-21(20)25-22(26-23)18-7-4-3-5-8-18/h3-5,7-8,16-17,19H,6,9-15H2,1-2H3. The lowest BCUT2D eigenvalue weighted by Gasteiger charge is -2.39. The summed E-state index contributed by atoms with van der Waals surface area (Å²) in [6, 6.07) is 10.2. The lowest BCUT2D eigenvalue weighted by atomic mass is 9.84. The molecule has 1 saturated carbocycles. The van der Waals surface area contributed by atoms with Gasteiger partial charge in [0.2, 0.25) is 5.91 Å². The second-order valence-corrected chi connectivity index (χ2v) is 8.96. The van der Waals surface area contributed by atoms with Gasteiger partial charge in [-0.05, 0) is 26.7 Å². The predicted molar refractivity (Wildman–Crippen MR) is 116 cm³/mol. The number of anilines is 1. The number of carbonyl (C=O) groups excluding carboxylic acids is 1. The summed E-state index contributed by atoms with van der Waals surface area (Å²) in [6.45, 7) is 7.21. The number of amides is 1. The van der Waals surface area contributed by atoms with Crippen LogP contribution in [0, 0.1) is 5.92 Å². The number of hydrogen-bond acceptors (Lipinski definition) is 5. The third-order valence-corrected chi connectivity index (χ3v) is 6.56. The van der Waals surface area contributed by atoms with E-state index < -0.39 is 0 Å². The van der Waals surface area contributed by atoms with E-state index >= 15 is 0 Å². The van der Waals surface area contributed by atoms with Gasteiger partial charge in [0, 0.05) is 43.1 Å². The Balaban J connectivity index is 1.53. The minimum absolute atomic E-state index is 0.149. The molecule has 2 aromatic rings. The van der Waals surface area contributed by atoms with Gasteiger partial charge < -0.3 is 14.5 Å². The molecule has 30 heavy (non-hydrogen) atoms. The molecular formula is C24H30N4O2. The molecule has 158 valence electrons. The van der Waals surface area contributed by atoms with Crippen LogP contribution < -0.4 is 4.90 Å². The van der Waals surface area contributed by atoms with Crippen molar-refractivity contribution in [2.75, 3.05) is 24.5 Å². The van der Waals surface area contributed by atoms with Gasteiger partial charge in [-0.25, -0.2) is 9.97 Å². The van der Waals surface area contributed by atoms with Crippen LogP contribution in [0.4, 0.5) is 5.82 Å². The first kappa shape index (κ1) is 19.5. The Hall–Kier alpha value is -2.47. The second kappa shape index (κ2) is 7.99. The lowest BCUT2D eigenvalue weighted by Crippen LogP contribution is -2.47. The van der Waals surface area contributed by atoms with Crippen molar-refractivity contribution in [2.45, 2.75) is 58.3 Å². The second-order valence-electron chi connectivity index (χ2n) is 8.96. The van der Waals surface area contributed by atoms with Crippen molar-refractivity contribution >= 4 is 11.7 Å². The first-order chi connectivity index (χ1) is 14.6. The number of nitrogens with zero attached hydrogens (tertiary/aromatic N) is 4. The van der Waals surface area contributed by atoms with E-state index in [1.807, 2.05) is 23.1 Å². The molecule has 1 aliphatic carbocycles. The van der Waals surface area contributed by atoms with Crippen molar-refractivity contribution in [2.24, 2.45) is 5.92 Å². The number of hydrogen-bond donors (Lipinski definition) is 0. The molecule has 0 spiro atoms. The van der Waals surface area contributed by atoms with Crippen LogP contribution in [0.2, 0.25) is 0 Å². The molecule has 0 bridgehead atoms. The van der Waals surface area contributed by atoms with Gasteiger partial charge in [-0.1, -0.05) is 36.8 Å². The van der Waals surface area contributed by atoms with Gasteiger partial charge in [0.05, 0.1) is 24.4 Å². The highest BCUT2D eigenvalue weighted by Gasteiger charge is 2.34. The average molecular weight is 407 g/mol. The first-order valence-electron chi connectivity index (χ1n) is 11.2. The van der Waals surface area contributed by atoms with E-state index in [2.05, 4.69) is 30.9 Å². The van der Waals surface area contributed by atoms with Gasteiger partial charge in [0.15, 0.2) is 5.82 Å². The van der Waals surface area contributed by atoms with E-state index in [1.54, 1.807) is 0 Å². The predicted octanol–water partition coefficient (Wildman–Crippen LogP) is 3.44. The van der Waals surface area contributed by atoms with E-state index in [1.165, 1.54) is 6.42 Å². The summed E-state index contributed by atoms with van der Waals surface area (Å²) >= 11 is 0. The maximum Gasteiger partial charge on any atom is 0.225 e. The fraction of sp³-hybridized carbons (Fsp3) is 0.542. The quantitative estimate of drug-likeness (QED) is 0.782. The summed E-state index contributed by atoms with van der Waals surface area (Å²) in [5.74, 6) is 2.29. The number of morpholine rings is 1. The molecule has 0 radical (unpaired) electrons. The maximum atomic E-state index is 12.9. The van der Waals surface area contributed by atoms with Crippen LogP contribution in [-0.4, -0.2) is 52.6 Å². The average Bonchev–Trinajstić information content (AvgIpc) is 2.71. The Morgan fingerprint density at radius 1 is 1.07 bits per heavy atom. The third-order valence-electron chi connectivity index (χ3n) is 6.56. The molecule has 3 heterocycles. The monoisotopic (exact) mass is 406 g/mol. The molecule has 3 aliphatic rings. The summed E-state index contributed by atoms with van der Waals surface area (Å²) in [5, 5.41) is 0. The molecule has 1 amide bonds. The highest BCUT2D eigenvalue weighted by Crippen LogP contribution is 2.34. The van der Waals surface area contributed by atoms with Gasteiger partial charge in [0.25, 0.3) is 0 Å². The molecule has 6 nitrogen and oxygen atoms in total.